The molecule has 0 N–H and O–H groups in total. The molecule has 82 valence electrons. The number of hydrogen-bond acceptors (Lipinski definition) is 3. The van der Waals surface area contributed by atoms with Crippen molar-refractivity contribution in [2.45, 2.75) is 6.92 Å². The Bertz CT molecular complexity index is 441. The van der Waals surface area contributed by atoms with Crippen LogP contribution in [-0.2, 0) is 14.3 Å². The second-order valence-electron chi connectivity index (χ2n) is 3.26. The van der Waals surface area contributed by atoms with Gasteiger partial charge in [-0.1, -0.05) is 43.0 Å². The summed E-state index contributed by atoms with van der Waals surface area (Å²) in [5, 5.41) is 0. The van der Waals surface area contributed by atoms with Crippen LogP contribution in [0, 0.1) is 6.92 Å². The lowest BCUT2D eigenvalue weighted by atomic mass is 10.1. The van der Waals surface area contributed by atoms with Crippen LogP contribution in [0.15, 0.2) is 43.5 Å². The molecule has 0 aromatic heterocycles. The second kappa shape index (κ2) is 5.07. The Morgan fingerprint density at radius 3 is 2.31 bits per heavy atom. The SMILES string of the molecule is C=CC(=O)OC(=O)C(=C)c1ccc(C)cc1. The fourth-order valence-corrected chi connectivity index (χ4v) is 1.07. The summed E-state index contributed by atoms with van der Waals surface area (Å²) in [6, 6.07) is 7.20. The molecule has 0 unspecified atom stereocenters. The van der Waals surface area contributed by atoms with E-state index in [0.29, 0.717) is 5.56 Å². The Morgan fingerprint density at radius 1 is 1.25 bits per heavy atom. The molecule has 0 bridgehead atoms. The lowest BCUT2D eigenvalue weighted by Crippen LogP contribution is -2.10. The number of carbonyl (C=O) groups is 2. The molecule has 0 saturated carbocycles. The van der Waals surface area contributed by atoms with E-state index < -0.39 is 11.9 Å². The molecule has 3 heteroatoms. The van der Waals surface area contributed by atoms with Crippen LogP contribution in [0.4, 0.5) is 0 Å². The van der Waals surface area contributed by atoms with Crippen molar-refractivity contribution in [1.82, 2.24) is 0 Å². The third-order valence-corrected chi connectivity index (χ3v) is 2.01. The van der Waals surface area contributed by atoms with Crippen molar-refractivity contribution in [3.63, 3.8) is 0 Å². The number of hydrogen-bond donors (Lipinski definition) is 0. The van der Waals surface area contributed by atoms with Crippen molar-refractivity contribution in [2.75, 3.05) is 0 Å². The molecule has 3 nitrogen and oxygen atoms in total. The molecule has 0 radical (unpaired) electrons. The fraction of sp³-hybridized carbons (Fsp3) is 0.0769. The first-order valence-corrected chi connectivity index (χ1v) is 4.69. The van der Waals surface area contributed by atoms with E-state index in [1.54, 1.807) is 12.1 Å². The van der Waals surface area contributed by atoms with Crippen LogP contribution < -0.4 is 0 Å². The zero-order chi connectivity index (χ0) is 12.1. The molecule has 0 aliphatic carbocycles. The normalized spacial score (nSPS) is 9.31. The second-order valence-corrected chi connectivity index (χ2v) is 3.26. The molecule has 1 aromatic rings. The smallest absolute Gasteiger partial charge is 0.346 e. The molecule has 1 aromatic carbocycles. The van der Waals surface area contributed by atoms with Gasteiger partial charge in [-0.15, -0.1) is 0 Å². The van der Waals surface area contributed by atoms with Gasteiger partial charge in [-0.25, -0.2) is 9.59 Å². The summed E-state index contributed by atoms with van der Waals surface area (Å²) < 4.78 is 4.45. The summed E-state index contributed by atoms with van der Waals surface area (Å²) >= 11 is 0. The highest BCUT2D eigenvalue weighted by Gasteiger charge is 2.13. The summed E-state index contributed by atoms with van der Waals surface area (Å²) in [5.41, 5.74) is 1.86. The molecular weight excluding hydrogens is 204 g/mol. The third-order valence-electron chi connectivity index (χ3n) is 2.01. The highest BCUT2D eigenvalue weighted by molar-refractivity contribution is 6.18. The van der Waals surface area contributed by atoms with E-state index in [0.717, 1.165) is 11.6 Å². The van der Waals surface area contributed by atoms with Gasteiger partial charge < -0.3 is 4.74 Å². The van der Waals surface area contributed by atoms with Crippen molar-refractivity contribution in [2.24, 2.45) is 0 Å². The first-order valence-electron chi connectivity index (χ1n) is 4.69. The van der Waals surface area contributed by atoms with E-state index >= 15 is 0 Å². The maximum absolute atomic E-state index is 11.4. The number of rotatable bonds is 3. The van der Waals surface area contributed by atoms with Crippen molar-refractivity contribution < 1.29 is 14.3 Å². The predicted molar refractivity (Wildman–Crippen MR) is 61.5 cm³/mol. The Balaban J connectivity index is 2.78. The molecule has 0 saturated heterocycles. The summed E-state index contributed by atoms with van der Waals surface area (Å²) in [6.45, 7) is 8.72. The Labute approximate surface area is 94.0 Å². The van der Waals surface area contributed by atoms with Gasteiger partial charge in [-0.2, -0.15) is 0 Å². The van der Waals surface area contributed by atoms with Crippen LogP contribution >= 0.6 is 0 Å². The minimum Gasteiger partial charge on any atom is -0.386 e. The predicted octanol–water partition coefficient (Wildman–Crippen LogP) is 2.26. The lowest BCUT2D eigenvalue weighted by molar-refractivity contribution is -0.151. The summed E-state index contributed by atoms with van der Waals surface area (Å²) in [7, 11) is 0. The minimum absolute atomic E-state index is 0.148. The van der Waals surface area contributed by atoms with Crippen LogP contribution in [0.3, 0.4) is 0 Å². The van der Waals surface area contributed by atoms with E-state index in [-0.39, 0.29) is 5.57 Å². The van der Waals surface area contributed by atoms with Crippen molar-refractivity contribution in [3.05, 3.63) is 54.6 Å². The average Bonchev–Trinajstić information content (AvgIpc) is 2.28. The molecule has 0 aliphatic rings. The largest absolute Gasteiger partial charge is 0.386 e. The van der Waals surface area contributed by atoms with Crippen molar-refractivity contribution in [3.8, 4) is 0 Å². The molecule has 0 amide bonds. The molecule has 0 atom stereocenters. The fourth-order valence-electron chi connectivity index (χ4n) is 1.07. The number of carbonyl (C=O) groups excluding carboxylic acids is 2. The first-order chi connectivity index (χ1) is 7.54. The zero-order valence-electron chi connectivity index (χ0n) is 9.03. The van der Waals surface area contributed by atoms with Gasteiger partial charge in [0.2, 0.25) is 0 Å². The summed E-state index contributed by atoms with van der Waals surface area (Å²) in [5.74, 6) is -1.54. The maximum Gasteiger partial charge on any atom is 0.346 e. The highest BCUT2D eigenvalue weighted by atomic mass is 16.6. The summed E-state index contributed by atoms with van der Waals surface area (Å²) in [6.07, 6.45) is 0.931. The van der Waals surface area contributed by atoms with E-state index in [9.17, 15) is 9.59 Å². The quantitative estimate of drug-likeness (QED) is 0.442. The Kier molecular flexibility index (Phi) is 3.78. The molecule has 0 heterocycles. The van der Waals surface area contributed by atoms with E-state index in [4.69, 9.17) is 0 Å². The van der Waals surface area contributed by atoms with Gasteiger partial charge in [0.05, 0.1) is 5.57 Å². The monoisotopic (exact) mass is 216 g/mol. The van der Waals surface area contributed by atoms with E-state index in [1.165, 1.54) is 0 Å². The van der Waals surface area contributed by atoms with Crippen LogP contribution in [0.2, 0.25) is 0 Å². The van der Waals surface area contributed by atoms with Gasteiger partial charge in [-0.05, 0) is 12.5 Å². The van der Waals surface area contributed by atoms with E-state index in [2.05, 4.69) is 17.9 Å². The van der Waals surface area contributed by atoms with Gasteiger partial charge >= 0.3 is 11.9 Å². The molecule has 16 heavy (non-hydrogen) atoms. The third kappa shape index (κ3) is 2.92. The van der Waals surface area contributed by atoms with Crippen molar-refractivity contribution in [1.29, 1.82) is 0 Å². The van der Waals surface area contributed by atoms with Crippen LogP contribution in [0.5, 0.6) is 0 Å². The molecule has 0 spiro atoms. The number of benzene rings is 1. The molecule has 0 fully saturated rings. The zero-order valence-corrected chi connectivity index (χ0v) is 9.03. The first kappa shape index (κ1) is 11.9. The molecule has 0 aliphatic heterocycles. The standard InChI is InChI=1S/C13H12O3/c1-4-12(14)16-13(15)10(3)11-7-5-9(2)6-8-11/h4-8H,1,3H2,2H3. The average molecular weight is 216 g/mol. The van der Waals surface area contributed by atoms with Gasteiger partial charge in [0.1, 0.15) is 0 Å². The maximum atomic E-state index is 11.4. The molecular formula is C13H12O3. The van der Waals surface area contributed by atoms with Gasteiger partial charge in [-0.3, -0.25) is 0 Å². The molecule has 1 rings (SSSR count). The van der Waals surface area contributed by atoms with Crippen LogP contribution in [0.25, 0.3) is 5.57 Å². The van der Waals surface area contributed by atoms with Gasteiger partial charge in [0.15, 0.2) is 0 Å². The lowest BCUT2D eigenvalue weighted by Gasteiger charge is -2.04. The van der Waals surface area contributed by atoms with E-state index in [1.807, 2.05) is 19.1 Å². The van der Waals surface area contributed by atoms with Crippen molar-refractivity contribution >= 4 is 17.5 Å². The van der Waals surface area contributed by atoms with Crippen LogP contribution in [0.1, 0.15) is 11.1 Å². The van der Waals surface area contributed by atoms with Crippen LogP contribution in [-0.4, -0.2) is 11.9 Å². The summed E-state index contributed by atoms with van der Waals surface area (Å²) in [4.78, 5) is 22.2. The number of aryl methyl sites for hydroxylation is 1. The Morgan fingerprint density at radius 2 is 1.81 bits per heavy atom. The van der Waals surface area contributed by atoms with Gasteiger partial charge in [0, 0.05) is 6.08 Å². The van der Waals surface area contributed by atoms with Gasteiger partial charge in [0.25, 0.3) is 0 Å². The topological polar surface area (TPSA) is 43.4 Å². The number of ether oxygens (including phenoxy) is 1. The highest BCUT2D eigenvalue weighted by Crippen LogP contribution is 2.14. The Hall–Kier alpha value is -2.16. The number of esters is 2. The minimum atomic E-state index is -0.779.